The van der Waals surface area contributed by atoms with Gasteiger partial charge in [-0.1, -0.05) is 0 Å². The molecule has 7 aromatic rings. The molecular formula is C34H23N11. The van der Waals surface area contributed by atoms with E-state index < -0.39 is 0 Å². The topological polar surface area (TPSA) is 156 Å². The van der Waals surface area contributed by atoms with Gasteiger partial charge in [0.1, 0.15) is 35.4 Å². The van der Waals surface area contributed by atoms with E-state index in [0.717, 1.165) is 32.9 Å². The van der Waals surface area contributed by atoms with Crippen LogP contribution in [-0.2, 0) is 0 Å². The summed E-state index contributed by atoms with van der Waals surface area (Å²) in [6, 6.07) is 22.1. The van der Waals surface area contributed by atoms with E-state index in [4.69, 9.17) is 5.26 Å². The normalized spacial score (nSPS) is 11.1. The minimum absolute atomic E-state index is 0.366. The fraction of sp³-hybridized carbons (Fsp3) is 0.118. The van der Waals surface area contributed by atoms with Gasteiger partial charge in [0, 0.05) is 39.9 Å². The SMILES string of the molecule is Cc1nc(C)nc(-c2ccc3c(c2)c2cc(-c4nc(C)nc(C)n4)ccc2n3-c2ccc(-c3ncc(C#N)cn3)cc2C#N)n1. The second-order valence-electron chi connectivity index (χ2n) is 10.6. The highest BCUT2D eigenvalue weighted by Gasteiger charge is 2.19. The van der Waals surface area contributed by atoms with Gasteiger partial charge in [0.15, 0.2) is 17.5 Å². The van der Waals surface area contributed by atoms with Crippen LogP contribution in [0.4, 0.5) is 0 Å². The molecular weight excluding hydrogens is 562 g/mol. The summed E-state index contributed by atoms with van der Waals surface area (Å²) in [5.41, 5.74) is 5.68. The van der Waals surface area contributed by atoms with Crippen molar-refractivity contribution < 1.29 is 0 Å². The standard InChI is InChI=1S/C34H23N11/c1-18-39-19(2)42-33(41-18)24-6-9-30-27(12-24)28-13-25(34-43-20(3)40-21(4)44-34)7-10-31(28)45(30)29-8-5-23(11-26(29)15-36)32-37-16-22(14-35)17-38-32/h5-13,16-17H,1-4H3. The number of benzene rings is 3. The fourth-order valence-corrected chi connectivity index (χ4v) is 5.55. The molecule has 0 aliphatic rings. The molecule has 0 atom stereocenters. The molecule has 0 saturated carbocycles. The van der Waals surface area contributed by atoms with E-state index in [1.807, 2.05) is 70.2 Å². The van der Waals surface area contributed by atoms with Crippen molar-refractivity contribution in [3.05, 3.63) is 101 Å². The molecule has 0 radical (unpaired) electrons. The summed E-state index contributed by atoms with van der Waals surface area (Å²) in [7, 11) is 0. The maximum absolute atomic E-state index is 10.3. The summed E-state index contributed by atoms with van der Waals surface area (Å²) in [5.74, 6) is 4.19. The maximum atomic E-state index is 10.3. The van der Waals surface area contributed by atoms with E-state index in [9.17, 15) is 5.26 Å². The number of nitriles is 2. The number of aryl methyl sites for hydroxylation is 4. The molecule has 0 N–H and O–H groups in total. The van der Waals surface area contributed by atoms with Crippen LogP contribution in [0.2, 0.25) is 0 Å². The van der Waals surface area contributed by atoms with Crippen LogP contribution >= 0.6 is 0 Å². The van der Waals surface area contributed by atoms with Gasteiger partial charge in [-0.3, -0.25) is 0 Å². The third kappa shape index (κ3) is 4.88. The van der Waals surface area contributed by atoms with E-state index in [-0.39, 0.29) is 0 Å². The van der Waals surface area contributed by atoms with Crippen LogP contribution in [0.5, 0.6) is 0 Å². The Morgan fingerprint density at radius 1 is 0.533 bits per heavy atom. The predicted molar refractivity (Wildman–Crippen MR) is 168 cm³/mol. The molecule has 7 rings (SSSR count). The third-order valence-corrected chi connectivity index (χ3v) is 7.40. The Labute approximate surface area is 257 Å². The average molecular weight is 586 g/mol. The average Bonchev–Trinajstić information content (AvgIpc) is 3.36. The van der Waals surface area contributed by atoms with Gasteiger partial charge >= 0.3 is 0 Å². The Morgan fingerprint density at radius 2 is 1.00 bits per heavy atom. The van der Waals surface area contributed by atoms with Crippen LogP contribution < -0.4 is 0 Å². The lowest BCUT2D eigenvalue weighted by Gasteiger charge is -2.12. The number of hydrogen-bond donors (Lipinski definition) is 0. The molecule has 45 heavy (non-hydrogen) atoms. The number of nitrogens with zero attached hydrogens (tertiary/aromatic N) is 11. The van der Waals surface area contributed by atoms with E-state index in [0.29, 0.717) is 63.1 Å². The molecule has 0 bridgehead atoms. The Hall–Kier alpha value is -6.46. The lowest BCUT2D eigenvalue weighted by molar-refractivity contribution is 0.928. The van der Waals surface area contributed by atoms with Gasteiger partial charge in [0.25, 0.3) is 0 Å². The molecule has 11 nitrogen and oxygen atoms in total. The van der Waals surface area contributed by atoms with Crippen LogP contribution in [0, 0.1) is 50.4 Å². The highest BCUT2D eigenvalue weighted by molar-refractivity contribution is 6.11. The monoisotopic (exact) mass is 585 g/mol. The van der Waals surface area contributed by atoms with Gasteiger partial charge in [-0.15, -0.1) is 0 Å². The maximum Gasteiger partial charge on any atom is 0.163 e. The smallest absolute Gasteiger partial charge is 0.163 e. The van der Waals surface area contributed by atoms with Gasteiger partial charge in [0.2, 0.25) is 0 Å². The van der Waals surface area contributed by atoms with Crippen molar-refractivity contribution in [3.8, 4) is 52.0 Å². The van der Waals surface area contributed by atoms with Crippen LogP contribution in [0.15, 0.2) is 67.0 Å². The highest BCUT2D eigenvalue weighted by Crippen LogP contribution is 2.37. The Morgan fingerprint density at radius 3 is 1.47 bits per heavy atom. The van der Waals surface area contributed by atoms with Gasteiger partial charge in [-0.25, -0.2) is 39.9 Å². The van der Waals surface area contributed by atoms with Crippen molar-refractivity contribution >= 4 is 21.8 Å². The van der Waals surface area contributed by atoms with Crippen LogP contribution in [0.1, 0.15) is 34.4 Å². The third-order valence-electron chi connectivity index (χ3n) is 7.40. The first kappa shape index (κ1) is 27.4. The van der Waals surface area contributed by atoms with Crippen LogP contribution in [0.25, 0.3) is 61.7 Å². The summed E-state index contributed by atoms with van der Waals surface area (Å²) < 4.78 is 2.08. The molecule has 0 fully saturated rings. The molecule has 0 saturated heterocycles. The van der Waals surface area contributed by atoms with Crippen molar-refractivity contribution in [2.75, 3.05) is 0 Å². The quantitative estimate of drug-likeness (QED) is 0.243. The molecule has 11 heteroatoms. The van der Waals surface area contributed by atoms with Crippen LogP contribution in [0.3, 0.4) is 0 Å². The molecule has 214 valence electrons. The van der Waals surface area contributed by atoms with Gasteiger partial charge in [-0.05, 0) is 82.3 Å². The molecule has 4 heterocycles. The fourth-order valence-electron chi connectivity index (χ4n) is 5.55. The van der Waals surface area contributed by atoms with Gasteiger partial charge in [-0.2, -0.15) is 10.5 Å². The van der Waals surface area contributed by atoms with E-state index in [2.05, 4.69) is 62.6 Å². The summed E-state index contributed by atoms with van der Waals surface area (Å²) in [6.07, 6.45) is 2.94. The predicted octanol–water partition coefficient (Wildman–Crippen LogP) is 5.92. The Bertz CT molecular complexity index is 2250. The van der Waals surface area contributed by atoms with Crippen molar-refractivity contribution in [2.24, 2.45) is 0 Å². The summed E-state index contributed by atoms with van der Waals surface area (Å²) in [4.78, 5) is 35.6. The van der Waals surface area contributed by atoms with Gasteiger partial charge < -0.3 is 4.57 Å². The largest absolute Gasteiger partial charge is 0.308 e. The molecule has 0 unspecified atom stereocenters. The van der Waals surface area contributed by atoms with Crippen molar-refractivity contribution in [2.45, 2.75) is 27.7 Å². The summed E-state index contributed by atoms with van der Waals surface area (Å²) in [5, 5.41) is 21.3. The minimum Gasteiger partial charge on any atom is -0.308 e. The highest BCUT2D eigenvalue weighted by atomic mass is 15.0. The zero-order chi connectivity index (χ0) is 31.2. The minimum atomic E-state index is 0.366. The van der Waals surface area contributed by atoms with Crippen LogP contribution in [-0.4, -0.2) is 44.4 Å². The second-order valence-corrected chi connectivity index (χ2v) is 10.6. The Balaban J connectivity index is 1.48. The lowest BCUT2D eigenvalue weighted by atomic mass is 10.1. The first-order chi connectivity index (χ1) is 21.8. The van der Waals surface area contributed by atoms with E-state index in [1.54, 1.807) is 6.07 Å². The van der Waals surface area contributed by atoms with Crippen molar-refractivity contribution in [1.29, 1.82) is 10.5 Å². The number of hydrogen-bond acceptors (Lipinski definition) is 10. The lowest BCUT2D eigenvalue weighted by Crippen LogP contribution is -2.00. The molecule has 3 aromatic carbocycles. The molecule has 4 aromatic heterocycles. The molecule has 0 amide bonds. The zero-order valence-electron chi connectivity index (χ0n) is 24.8. The first-order valence-corrected chi connectivity index (χ1v) is 14.1. The summed E-state index contributed by atoms with van der Waals surface area (Å²) in [6.45, 7) is 7.40. The van der Waals surface area contributed by atoms with E-state index >= 15 is 0 Å². The molecule has 0 aliphatic heterocycles. The summed E-state index contributed by atoms with van der Waals surface area (Å²) >= 11 is 0. The number of rotatable bonds is 4. The van der Waals surface area contributed by atoms with Gasteiger partial charge in [0.05, 0.1) is 27.8 Å². The van der Waals surface area contributed by atoms with Crippen molar-refractivity contribution in [1.82, 2.24) is 44.4 Å². The second kappa shape index (κ2) is 10.7. The first-order valence-electron chi connectivity index (χ1n) is 14.1. The number of aromatic nitrogens is 9. The number of fused-ring (bicyclic) bond motifs is 3. The Kier molecular flexibility index (Phi) is 6.49. The van der Waals surface area contributed by atoms with Crippen molar-refractivity contribution in [3.63, 3.8) is 0 Å². The van der Waals surface area contributed by atoms with E-state index in [1.165, 1.54) is 12.4 Å². The zero-order valence-corrected chi connectivity index (χ0v) is 24.8. The molecule has 0 spiro atoms. The molecule has 0 aliphatic carbocycles.